The Morgan fingerprint density at radius 1 is 1.16 bits per heavy atom. The first-order valence-corrected chi connectivity index (χ1v) is 7.29. The van der Waals surface area contributed by atoms with Gasteiger partial charge in [0.15, 0.2) is 0 Å². The van der Waals surface area contributed by atoms with Gasteiger partial charge in [0.05, 0.1) is 0 Å². The maximum Gasteiger partial charge on any atom is 0.115 e. The van der Waals surface area contributed by atoms with Crippen LogP contribution in [0.3, 0.4) is 0 Å². The minimum atomic E-state index is 0. The first kappa shape index (κ1) is 16.3. The summed E-state index contributed by atoms with van der Waals surface area (Å²) in [6.45, 7) is 6.91. The number of phenols is 1. The molecule has 0 saturated heterocycles. The average molecular weight is 284 g/mol. The van der Waals surface area contributed by atoms with Crippen LogP contribution in [0.4, 0.5) is 0 Å². The molecule has 0 unspecified atom stereocenters. The predicted molar refractivity (Wildman–Crippen MR) is 83.3 cm³/mol. The second-order valence-electron chi connectivity index (χ2n) is 5.39. The van der Waals surface area contributed by atoms with Crippen molar-refractivity contribution in [2.75, 3.05) is 13.1 Å². The summed E-state index contributed by atoms with van der Waals surface area (Å²) >= 11 is 0. The van der Waals surface area contributed by atoms with Crippen molar-refractivity contribution < 1.29 is 5.11 Å². The molecule has 2 nitrogen and oxygen atoms in total. The van der Waals surface area contributed by atoms with Gasteiger partial charge in [-0.3, -0.25) is 0 Å². The van der Waals surface area contributed by atoms with Gasteiger partial charge in [-0.05, 0) is 68.5 Å². The highest BCUT2D eigenvalue weighted by Crippen LogP contribution is 2.27. The fourth-order valence-corrected chi connectivity index (χ4v) is 3.09. The molecule has 0 saturated carbocycles. The first-order chi connectivity index (χ1) is 8.74. The van der Waals surface area contributed by atoms with Gasteiger partial charge in [-0.1, -0.05) is 19.9 Å². The molecule has 19 heavy (non-hydrogen) atoms. The van der Waals surface area contributed by atoms with Crippen LogP contribution in [-0.2, 0) is 12.8 Å². The molecule has 0 spiro atoms. The van der Waals surface area contributed by atoms with Crippen LogP contribution >= 0.6 is 12.4 Å². The lowest BCUT2D eigenvalue weighted by molar-refractivity contribution is 0.180. The Hall–Kier alpha value is -0.730. The van der Waals surface area contributed by atoms with Gasteiger partial charge >= 0.3 is 0 Å². The maximum atomic E-state index is 9.61. The smallest absolute Gasteiger partial charge is 0.115 e. The monoisotopic (exact) mass is 283 g/mol. The Kier molecular flexibility index (Phi) is 6.67. The van der Waals surface area contributed by atoms with E-state index in [0.29, 0.717) is 11.8 Å². The molecule has 0 aliphatic heterocycles. The van der Waals surface area contributed by atoms with E-state index in [2.05, 4.69) is 24.8 Å². The molecule has 0 fully saturated rings. The number of nitrogens with zero attached hydrogens (tertiary/aromatic N) is 1. The van der Waals surface area contributed by atoms with Crippen molar-refractivity contribution in [3.05, 3.63) is 29.3 Å². The number of phenolic OH excluding ortho intramolecular Hbond substituents is 1. The molecule has 0 heterocycles. The molecule has 0 amide bonds. The number of aromatic hydroxyl groups is 1. The molecule has 0 radical (unpaired) electrons. The number of hydrogen-bond acceptors (Lipinski definition) is 2. The van der Waals surface area contributed by atoms with Crippen LogP contribution in [0.1, 0.15) is 44.2 Å². The van der Waals surface area contributed by atoms with Crippen molar-refractivity contribution in [3.63, 3.8) is 0 Å². The molecule has 1 N–H and O–H groups in total. The second kappa shape index (κ2) is 7.76. The van der Waals surface area contributed by atoms with Crippen LogP contribution in [0, 0.1) is 0 Å². The molecule has 1 aromatic rings. The van der Waals surface area contributed by atoms with Gasteiger partial charge < -0.3 is 10.0 Å². The number of benzene rings is 1. The molecule has 1 aliphatic rings. The lowest BCUT2D eigenvalue weighted by Gasteiger charge is -2.35. The first-order valence-electron chi connectivity index (χ1n) is 7.29. The van der Waals surface area contributed by atoms with E-state index in [1.54, 1.807) is 0 Å². The summed E-state index contributed by atoms with van der Waals surface area (Å²) in [7, 11) is 0. The molecule has 3 heteroatoms. The maximum absolute atomic E-state index is 9.61. The number of hydrogen-bond donors (Lipinski definition) is 1. The Balaban J connectivity index is 0.00000180. The molecule has 108 valence electrons. The lowest BCUT2D eigenvalue weighted by Crippen LogP contribution is -2.40. The quantitative estimate of drug-likeness (QED) is 0.889. The summed E-state index contributed by atoms with van der Waals surface area (Å²) in [5, 5.41) is 9.61. The van der Waals surface area contributed by atoms with Crippen molar-refractivity contribution >= 4 is 12.4 Å². The normalized spacial score (nSPS) is 17.9. The van der Waals surface area contributed by atoms with Gasteiger partial charge in [0.2, 0.25) is 0 Å². The summed E-state index contributed by atoms with van der Waals surface area (Å²) in [5.74, 6) is 0.409. The van der Waals surface area contributed by atoms with Crippen molar-refractivity contribution in [3.8, 4) is 5.75 Å². The van der Waals surface area contributed by atoms with Crippen LogP contribution < -0.4 is 0 Å². The highest BCUT2D eigenvalue weighted by atomic mass is 35.5. The summed E-state index contributed by atoms with van der Waals surface area (Å²) < 4.78 is 0. The number of halogens is 1. The van der Waals surface area contributed by atoms with Crippen molar-refractivity contribution in [2.24, 2.45) is 0 Å². The van der Waals surface area contributed by atoms with E-state index < -0.39 is 0 Å². The number of rotatable bonds is 5. The molecule has 1 aliphatic carbocycles. The number of fused-ring (bicyclic) bond motifs is 1. The van der Waals surface area contributed by atoms with E-state index in [9.17, 15) is 5.11 Å². The third-order valence-corrected chi connectivity index (χ3v) is 3.93. The van der Waals surface area contributed by atoms with Crippen LogP contribution in [-0.4, -0.2) is 29.1 Å². The topological polar surface area (TPSA) is 23.5 Å². The molecule has 2 rings (SSSR count). The van der Waals surface area contributed by atoms with Gasteiger partial charge in [0, 0.05) is 6.04 Å². The lowest BCUT2D eigenvalue weighted by atomic mass is 9.87. The highest BCUT2D eigenvalue weighted by Gasteiger charge is 2.23. The summed E-state index contributed by atoms with van der Waals surface area (Å²) in [6.07, 6.45) is 5.97. The molecular formula is C16H26ClNO. The number of aryl methyl sites for hydroxylation is 1. The molecule has 0 bridgehead atoms. The van der Waals surface area contributed by atoms with E-state index in [1.807, 2.05) is 12.1 Å². The zero-order chi connectivity index (χ0) is 13.0. The van der Waals surface area contributed by atoms with Crippen molar-refractivity contribution in [2.45, 2.75) is 52.0 Å². The molecular weight excluding hydrogens is 258 g/mol. The fourth-order valence-electron chi connectivity index (χ4n) is 3.09. The molecule has 0 aromatic heterocycles. The average Bonchev–Trinajstić information content (AvgIpc) is 2.37. The highest BCUT2D eigenvalue weighted by molar-refractivity contribution is 5.85. The summed E-state index contributed by atoms with van der Waals surface area (Å²) in [5.41, 5.74) is 2.78. The van der Waals surface area contributed by atoms with Gasteiger partial charge in [-0.25, -0.2) is 0 Å². The summed E-state index contributed by atoms with van der Waals surface area (Å²) in [6, 6.07) is 6.52. The van der Waals surface area contributed by atoms with E-state index in [1.165, 1.54) is 43.5 Å². The van der Waals surface area contributed by atoms with Crippen LogP contribution in [0.5, 0.6) is 5.75 Å². The second-order valence-corrected chi connectivity index (χ2v) is 5.39. The zero-order valence-corrected chi connectivity index (χ0v) is 12.9. The Morgan fingerprint density at radius 3 is 2.47 bits per heavy atom. The van der Waals surface area contributed by atoms with E-state index >= 15 is 0 Å². The fraction of sp³-hybridized carbons (Fsp3) is 0.625. The van der Waals surface area contributed by atoms with E-state index in [-0.39, 0.29) is 12.4 Å². The SMILES string of the molecule is CCCN(CCC)[C@H]1CCc2ccc(O)cc2C1.Cl. The summed E-state index contributed by atoms with van der Waals surface area (Å²) in [4.78, 5) is 2.63. The molecule has 1 atom stereocenters. The van der Waals surface area contributed by atoms with E-state index in [4.69, 9.17) is 0 Å². The largest absolute Gasteiger partial charge is 0.508 e. The standard InChI is InChI=1S/C16H25NO.ClH/c1-3-9-17(10-4-2)15-7-5-13-6-8-16(18)12-14(13)11-15;/h6,8,12,15,18H,3-5,7,9-11H2,1-2H3;1H/t15-;/m0./s1. The Morgan fingerprint density at radius 2 is 1.84 bits per heavy atom. The minimum absolute atomic E-state index is 0. The predicted octanol–water partition coefficient (Wildman–Crippen LogP) is 3.79. The zero-order valence-electron chi connectivity index (χ0n) is 12.1. The Bertz CT molecular complexity index is 388. The third kappa shape index (κ3) is 4.12. The van der Waals surface area contributed by atoms with Crippen LogP contribution in [0.2, 0.25) is 0 Å². The van der Waals surface area contributed by atoms with Crippen LogP contribution in [0.15, 0.2) is 18.2 Å². The minimum Gasteiger partial charge on any atom is -0.508 e. The third-order valence-electron chi connectivity index (χ3n) is 3.93. The van der Waals surface area contributed by atoms with Gasteiger partial charge in [-0.15, -0.1) is 12.4 Å². The van der Waals surface area contributed by atoms with Gasteiger partial charge in [0.1, 0.15) is 5.75 Å². The molecule has 1 aromatic carbocycles. The van der Waals surface area contributed by atoms with Gasteiger partial charge in [-0.2, -0.15) is 0 Å². The Labute approximate surface area is 123 Å². The van der Waals surface area contributed by atoms with E-state index in [0.717, 1.165) is 12.8 Å². The van der Waals surface area contributed by atoms with Crippen LogP contribution in [0.25, 0.3) is 0 Å². The van der Waals surface area contributed by atoms with Crippen molar-refractivity contribution in [1.82, 2.24) is 4.90 Å². The van der Waals surface area contributed by atoms with Gasteiger partial charge in [0.25, 0.3) is 0 Å². The van der Waals surface area contributed by atoms with Crippen molar-refractivity contribution in [1.29, 1.82) is 0 Å².